The molecule has 1 heterocycles. The summed E-state index contributed by atoms with van der Waals surface area (Å²) < 4.78 is 5.13. The van der Waals surface area contributed by atoms with Crippen LogP contribution >= 0.6 is 0 Å². The lowest BCUT2D eigenvalue weighted by atomic mass is 10.1. The molecule has 0 saturated carbocycles. The smallest absolute Gasteiger partial charge is 0.0925 e. The van der Waals surface area contributed by atoms with Crippen LogP contribution in [0.15, 0.2) is 30.6 Å². The highest BCUT2D eigenvalue weighted by molar-refractivity contribution is 5.51. The number of aromatic amines is 1. The Morgan fingerprint density at radius 2 is 2.17 bits per heavy atom. The second-order valence-electron chi connectivity index (χ2n) is 4.23. The van der Waals surface area contributed by atoms with Gasteiger partial charge in [-0.3, -0.25) is 0 Å². The number of hydrogen-bond acceptors (Lipinski definition) is 3. The van der Waals surface area contributed by atoms with Gasteiger partial charge in [0.15, 0.2) is 0 Å². The normalized spacial score (nSPS) is 10.6. The van der Waals surface area contributed by atoms with Crippen molar-refractivity contribution < 1.29 is 4.74 Å². The molecular formula is C14H19N3O. The monoisotopic (exact) mass is 245 g/mol. The molecule has 0 aliphatic carbocycles. The van der Waals surface area contributed by atoms with E-state index in [-0.39, 0.29) is 0 Å². The van der Waals surface area contributed by atoms with Gasteiger partial charge in [-0.2, -0.15) is 0 Å². The first-order chi connectivity index (χ1) is 8.81. The van der Waals surface area contributed by atoms with Crippen LogP contribution in [0.1, 0.15) is 17.0 Å². The van der Waals surface area contributed by atoms with Crippen LogP contribution in [0.4, 0.5) is 5.69 Å². The first-order valence-corrected chi connectivity index (χ1v) is 6.11. The van der Waals surface area contributed by atoms with E-state index in [1.165, 1.54) is 5.56 Å². The predicted molar refractivity (Wildman–Crippen MR) is 72.7 cm³/mol. The number of nitrogens with zero attached hydrogens (tertiary/aromatic N) is 1. The first-order valence-electron chi connectivity index (χ1n) is 6.11. The number of methoxy groups -OCH3 is 1. The standard InChI is InChI=1S/C14H19N3O/c1-11-14(17-10-16-11)9-15-13-6-4-3-5-12(13)7-8-18-2/h3-6,10,15H,7-9H2,1-2H3,(H,16,17). The van der Waals surface area contributed by atoms with Crippen LogP contribution in [-0.2, 0) is 17.7 Å². The molecule has 96 valence electrons. The van der Waals surface area contributed by atoms with Crippen LogP contribution in [0.3, 0.4) is 0 Å². The van der Waals surface area contributed by atoms with E-state index in [1.807, 2.05) is 13.0 Å². The van der Waals surface area contributed by atoms with Crippen LogP contribution in [0.2, 0.25) is 0 Å². The number of anilines is 1. The summed E-state index contributed by atoms with van der Waals surface area (Å²) in [4.78, 5) is 7.36. The SMILES string of the molecule is COCCc1ccccc1NCc1nc[nH]c1C. The van der Waals surface area contributed by atoms with Crippen molar-refractivity contribution in [3.63, 3.8) is 0 Å². The molecule has 0 amide bonds. The van der Waals surface area contributed by atoms with Crippen LogP contribution < -0.4 is 5.32 Å². The highest BCUT2D eigenvalue weighted by atomic mass is 16.5. The Hall–Kier alpha value is -1.81. The van der Waals surface area contributed by atoms with E-state index >= 15 is 0 Å². The van der Waals surface area contributed by atoms with Gasteiger partial charge in [0.05, 0.1) is 25.2 Å². The molecule has 1 aromatic heterocycles. The molecule has 0 bridgehead atoms. The largest absolute Gasteiger partial charge is 0.384 e. The molecule has 0 atom stereocenters. The first kappa shape index (κ1) is 12.6. The maximum absolute atomic E-state index is 5.13. The number of H-pyrrole nitrogens is 1. The summed E-state index contributed by atoms with van der Waals surface area (Å²) in [5.41, 5.74) is 4.58. The third-order valence-electron chi connectivity index (χ3n) is 2.97. The van der Waals surface area contributed by atoms with Crippen molar-refractivity contribution in [2.24, 2.45) is 0 Å². The Morgan fingerprint density at radius 1 is 1.33 bits per heavy atom. The number of benzene rings is 1. The number of para-hydroxylation sites is 1. The van der Waals surface area contributed by atoms with E-state index < -0.39 is 0 Å². The van der Waals surface area contributed by atoms with Crippen molar-refractivity contribution in [1.29, 1.82) is 0 Å². The third-order valence-corrected chi connectivity index (χ3v) is 2.97. The van der Waals surface area contributed by atoms with Gasteiger partial charge >= 0.3 is 0 Å². The van der Waals surface area contributed by atoms with Crippen molar-refractivity contribution >= 4 is 5.69 Å². The topological polar surface area (TPSA) is 49.9 Å². The molecule has 4 nitrogen and oxygen atoms in total. The number of imidazole rings is 1. The maximum atomic E-state index is 5.13. The number of ether oxygens (including phenoxy) is 1. The molecule has 0 aliphatic rings. The molecule has 0 fully saturated rings. The van der Waals surface area contributed by atoms with Gasteiger partial charge in [0.25, 0.3) is 0 Å². The number of hydrogen-bond donors (Lipinski definition) is 2. The zero-order valence-corrected chi connectivity index (χ0v) is 10.9. The fraction of sp³-hybridized carbons (Fsp3) is 0.357. The van der Waals surface area contributed by atoms with Gasteiger partial charge in [-0.25, -0.2) is 4.98 Å². The molecule has 2 rings (SSSR count). The van der Waals surface area contributed by atoms with Crippen molar-refractivity contribution in [3.8, 4) is 0 Å². The summed E-state index contributed by atoms with van der Waals surface area (Å²) in [6.07, 6.45) is 2.64. The zero-order chi connectivity index (χ0) is 12.8. The van der Waals surface area contributed by atoms with Gasteiger partial charge in [0, 0.05) is 18.5 Å². The van der Waals surface area contributed by atoms with E-state index in [1.54, 1.807) is 13.4 Å². The molecule has 0 radical (unpaired) electrons. The van der Waals surface area contributed by atoms with Crippen molar-refractivity contribution in [2.75, 3.05) is 19.0 Å². The molecular weight excluding hydrogens is 226 g/mol. The zero-order valence-electron chi connectivity index (χ0n) is 10.9. The molecule has 0 aliphatic heterocycles. The number of nitrogens with one attached hydrogen (secondary N) is 2. The quantitative estimate of drug-likeness (QED) is 0.822. The Bertz CT molecular complexity index is 493. The van der Waals surface area contributed by atoms with Crippen molar-refractivity contribution in [2.45, 2.75) is 19.9 Å². The molecule has 0 spiro atoms. The van der Waals surface area contributed by atoms with E-state index in [0.717, 1.165) is 36.6 Å². The van der Waals surface area contributed by atoms with E-state index in [9.17, 15) is 0 Å². The summed E-state index contributed by atoms with van der Waals surface area (Å²) in [6.45, 7) is 3.50. The average molecular weight is 245 g/mol. The molecule has 0 saturated heterocycles. The van der Waals surface area contributed by atoms with Crippen molar-refractivity contribution in [3.05, 3.63) is 47.5 Å². The van der Waals surface area contributed by atoms with Gasteiger partial charge in [0.2, 0.25) is 0 Å². The molecule has 2 N–H and O–H groups in total. The minimum atomic E-state index is 0.735. The highest BCUT2D eigenvalue weighted by Crippen LogP contribution is 2.17. The number of aromatic nitrogens is 2. The van der Waals surface area contributed by atoms with Gasteiger partial charge in [-0.1, -0.05) is 18.2 Å². The summed E-state index contributed by atoms with van der Waals surface area (Å²) in [5, 5.41) is 3.43. The Morgan fingerprint density at radius 3 is 2.89 bits per heavy atom. The minimum Gasteiger partial charge on any atom is -0.384 e. The second kappa shape index (κ2) is 6.21. The summed E-state index contributed by atoms with van der Waals surface area (Å²) in [7, 11) is 1.73. The summed E-state index contributed by atoms with van der Waals surface area (Å²) in [5.74, 6) is 0. The fourth-order valence-corrected chi connectivity index (χ4v) is 1.87. The fourth-order valence-electron chi connectivity index (χ4n) is 1.87. The van der Waals surface area contributed by atoms with Gasteiger partial charge < -0.3 is 15.0 Å². The Kier molecular flexibility index (Phi) is 4.36. The lowest BCUT2D eigenvalue weighted by molar-refractivity contribution is 0.202. The van der Waals surface area contributed by atoms with Crippen LogP contribution in [0.5, 0.6) is 0 Å². The molecule has 2 aromatic rings. The number of rotatable bonds is 6. The molecule has 0 unspecified atom stereocenters. The maximum Gasteiger partial charge on any atom is 0.0925 e. The second-order valence-corrected chi connectivity index (χ2v) is 4.23. The van der Waals surface area contributed by atoms with Gasteiger partial charge in [0.1, 0.15) is 0 Å². The van der Waals surface area contributed by atoms with E-state index in [0.29, 0.717) is 0 Å². The minimum absolute atomic E-state index is 0.735. The third kappa shape index (κ3) is 3.11. The van der Waals surface area contributed by atoms with Crippen LogP contribution in [-0.4, -0.2) is 23.7 Å². The van der Waals surface area contributed by atoms with Gasteiger partial charge in [-0.15, -0.1) is 0 Å². The highest BCUT2D eigenvalue weighted by Gasteiger charge is 2.04. The predicted octanol–water partition coefficient (Wildman–Crippen LogP) is 2.52. The average Bonchev–Trinajstić information content (AvgIpc) is 2.80. The lowest BCUT2D eigenvalue weighted by Crippen LogP contribution is -2.05. The summed E-state index contributed by atoms with van der Waals surface area (Å²) >= 11 is 0. The Balaban J connectivity index is 2.02. The molecule has 4 heteroatoms. The van der Waals surface area contributed by atoms with Gasteiger partial charge in [-0.05, 0) is 25.0 Å². The van der Waals surface area contributed by atoms with Crippen molar-refractivity contribution in [1.82, 2.24) is 9.97 Å². The van der Waals surface area contributed by atoms with E-state index in [2.05, 4.69) is 33.5 Å². The molecule has 1 aromatic carbocycles. The lowest BCUT2D eigenvalue weighted by Gasteiger charge is -2.11. The number of aryl methyl sites for hydroxylation is 1. The molecule has 18 heavy (non-hydrogen) atoms. The van der Waals surface area contributed by atoms with Crippen LogP contribution in [0, 0.1) is 6.92 Å². The summed E-state index contributed by atoms with van der Waals surface area (Å²) in [6, 6.07) is 8.30. The van der Waals surface area contributed by atoms with E-state index in [4.69, 9.17) is 4.74 Å². The Labute approximate surface area is 107 Å². The van der Waals surface area contributed by atoms with Crippen LogP contribution in [0.25, 0.3) is 0 Å².